The standard InChI is InChI=1S/C32H38O9/c1-15(2)18-8-7-16(3)9-21(18)39-31-27-26(30(33)40-31)28-19-12-22-23(38-14-37-22)13-20(19)32(27,41-28)17-10-24(34-4)29(36-6)25(11-17)35-5/h10-13,15-16,18,21,26-28,31H,7-9,14H2,1-6H3/t16-,18+,21-,26-,27-,28-,31-,32+/m1/s1. The minimum Gasteiger partial charge on any atom is -0.493 e. The quantitative estimate of drug-likeness (QED) is 0.411. The minimum absolute atomic E-state index is 0.0114. The topological polar surface area (TPSA) is 90.9 Å². The van der Waals surface area contributed by atoms with Crippen LogP contribution in [0.25, 0.3) is 0 Å². The fraction of sp³-hybridized carbons (Fsp3) is 0.594. The van der Waals surface area contributed by atoms with Crippen molar-refractivity contribution in [3.05, 3.63) is 41.0 Å². The van der Waals surface area contributed by atoms with Gasteiger partial charge in [-0.2, -0.15) is 0 Å². The molecule has 3 fully saturated rings. The molecule has 2 saturated heterocycles. The molecule has 8 atom stereocenters. The lowest BCUT2D eigenvalue weighted by Gasteiger charge is -2.41. The zero-order valence-corrected chi connectivity index (χ0v) is 24.4. The highest BCUT2D eigenvalue weighted by molar-refractivity contribution is 5.80. The van der Waals surface area contributed by atoms with Crippen LogP contribution in [0.1, 0.15) is 62.8 Å². The van der Waals surface area contributed by atoms with Crippen molar-refractivity contribution in [3.8, 4) is 28.7 Å². The van der Waals surface area contributed by atoms with E-state index in [1.165, 1.54) is 6.42 Å². The Morgan fingerprint density at radius 1 is 0.951 bits per heavy atom. The van der Waals surface area contributed by atoms with Crippen molar-refractivity contribution in [1.29, 1.82) is 0 Å². The molecule has 2 aromatic rings. The number of cyclic esters (lactones) is 1. The second-order valence-corrected chi connectivity index (χ2v) is 12.3. The largest absolute Gasteiger partial charge is 0.493 e. The van der Waals surface area contributed by atoms with Crippen LogP contribution in [0.5, 0.6) is 28.7 Å². The van der Waals surface area contributed by atoms with Gasteiger partial charge in [-0.1, -0.05) is 27.2 Å². The first-order valence-electron chi connectivity index (χ1n) is 14.6. The Morgan fingerprint density at radius 2 is 1.66 bits per heavy atom. The van der Waals surface area contributed by atoms with Gasteiger partial charge in [0.15, 0.2) is 23.0 Å². The number of fused-ring (bicyclic) bond motifs is 9. The zero-order valence-electron chi connectivity index (χ0n) is 24.4. The highest BCUT2D eigenvalue weighted by Gasteiger charge is 2.72. The van der Waals surface area contributed by atoms with Gasteiger partial charge in [-0.3, -0.25) is 4.79 Å². The summed E-state index contributed by atoms with van der Waals surface area (Å²) in [7, 11) is 4.75. The Kier molecular flexibility index (Phi) is 6.32. The summed E-state index contributed by atoms with van der Waals surface area (Å²) in [4.78, 5) is 13.6. The van der Waals surface area contributed by atoms with Gasteiger partial charge in [0.2, 0.25) is 18.8 Å². The molecule has 7 rings (SSSR count). The Morgan fingerprint density at radius 3 is 2.32 bits per heavy atom. The summed E-state index contributed by atoms with van der Waals surface area (Å²) in [6.45, 7) is 6.92. The smallest absolute Gasteiger partial charge is 0.314 e. The number of carbonyl (C=O) groups is 1. The molecule has 4 aliphatic heterocycles. The highest BCUT2D eigenvalue weighted by atomic mass is 16.7. The van der Waals surface area contributed by atoms with Crippen LogP contribution in [0.2, 0.25) is 0 Å². The van der Waals surface area contributed by atoms with Crippen molar-refractivity contribution in [1.82, 2.24) is 0 Å². The second-order valence-electron chi connectivity index (χ2n) is 12.3. The van der Waals surface area contributed by atoms with E-state index in [1.807, 2.05) is 24.3 Å². The van der Waals surface area contributed by atoms with E-state index in [9.17, 15) is 4.79 Å². The fourth-order valence-electron chi connectivity index (χ4n) is 7.97. The number of hydrogen-bond acceptors (Lipinski definition) is 9. The lowest BCUT2D eigenvalue weighted by atomic mass is 9.66. The molecule has 0 aromatic heterocycles. The molecule has 1 aliphatic carbocycles. The van der Waals surface area contributed by atoms with Crippen molar-refractivity contribution < 1.29 is 42.7 Å². The number of benzene rings is 2. The maximum Gasteiger partial charge on any atom is 0.314 e. The monoisotopic (exact) mass is 566 g/mol. The van der Waals surface area contributed by atoms with Gasteiger partial charge in [-0.15, -0.1) is 0 Å². The van der Waals surface area contributed by atoms with Crippen molar-refractivity contribution in [2.24, 2.45) is 29.6 Å². The van der Waals surface area contributed by atoms with E-state index in [-0.39, 0.29) is 18.9 Å². The van der Waals surface area contributed by atoms with Crippen LogP contribution >= 0.6 is 0 Å². The third kappa shape index (κ3) is 3.77. The Balaban J connectivity index is 1.39. The van der Waals surface area contributed by atoms with E-state index in [0.29, 0.717) is 46.5 Å². The van der Waals surface area contributed by atoms with Crippen LogP contribution in [0.4, 0.5) is 0 Å². The first-order chi connectivity index (χ1) is 19.8. The molecule has 41 heavy (non-hydrogen) atoms. The lowest BCUT2D eigenvalue weighted by Crippen LogP contribution is -2.45. The Labute approximate surface area is 240 Å². The number of esters is 1. The van der Waals surface area contributed by atoms with Gasteiger partial charge in [-0.25, -0.2) is 0 Å². The van der Waals surface area contributed by atoms with Gasteiger partial charge in [0.1, 0.15) is 5.60 Å². The first-order valence-corrected chi connectivity index (χ1v) is 14.6. The third-order valence-electron chi connectivity index (χ3n) is 9.91. The summed E-state index contributed by atoms with van der Waals surface area (Å²) in [5.41, 5.74) is 1.49. The number of ether oxygens (including phenoxy) is 8. The van der Waals surface area contributed by atoms with Crippen molar-refractivity contribution in [2.75, 3.05) is 28.1 Å². The summed E-state index contributed by atoms with van der Waals surface area (Å²) in [5.74, 6) is 2.90. The lowest BCUT2D eigenvalue weighted by molar-refractivity contribution is -0.211. The highest BCUT2D eigenvalue weighted by Crippen LogP contribution is 2.69. The predicted octanol–water partition coefficient (Wildman–Crippen LogP) is 5.36. The zero-order chi connectivity index (χ0) is 28.6. The average molecular weight is 567 g/mol. The summed E-state index contributed by atoms with van der Waals surface area (Å²) < 4.78 is 48.6. The predicted molar refractivity (Wildman–Crippen MR) is 146 cm³/mol. The summed E-state index contributed by atoms with van der Waals surface area (Å²) in [5, 5.41) is 0. The number of hydrogen-bond donors (Lipinski definition) is 0. The Hall–Kier alpha value is -3.17. The van der Waals surface area contributed by atoms with E-state index in [4.69, 9.17) is 37.9 Å². The maximum atomic E-state index is 13.6. The van der Waals surface area contributed by atoms with E-state index in [0.717, 1.165) is 29.5 Å². The van der Waals surface area contributed by atoms with Gasteiger partial charge in [0, 0.05) is 0 Å². The molecule has 4 heterocycles. The summed E-state index contributed by atoms with van der Waals surface area (Å²) >= 11 is 0. The van der Waals surface area contributed by atoms with Gasteiger partial charge in [0.25, 0.3) is 0 Å². The van der Waals surface area contributed by atoms with Gasteiger partial charge in [-0.05, 0) is 71.6 Å². The van der Waals surface area contributed by atoms with Crippen LogP contribution in [-0.2, 0) is 24.6 Å². The molecule has 0 amide bonds. The van der Waals surface area contributed by atoms with Crippen molar-refractivity contribution >= 4 is 5.97 Å². The number of methoxy groups -OCH3 is 3. The molecule has 2 aromatic carbocycles. The van der Waals surface area contributed by atoms with E-state index in [2.05, 4.69) is 20.8 Å². The van der Waals surface area contributed by atoms with Crippen LogP contribution in [0.15, 0.2) is 24.3 Å². The molecule has 0 radical (unpaired) electrons. The third-order valence-corrected chi connectivity index (χ3v) is 9.91. The summed E-state index contributed by atoms with van der Waals surface area (Å²) in [6.07, 6.45) is 1.91. The number of rotatable bonds is 7. The van der Waals surface area contributed by atoms with Crippen LogP contribution in [-0.4, -0.2) is 46.5 Å². The van der Waals surface area contributed by atoms with E-state index >= 15 is 0 Å². The maximum absolute atomic E-state index is 13.6. The van der Waals surface area contributed by atoms with Crippen LogP contribution in [0.3, 0.4) is 0 Å². The number of carbonyl (C=O) groups excluding carboxylic acids is 1. The molecule has 0 N–H and O–H groups in total. The molecular formula is C32H38O9. The molecule has 9 heteroatoms. The fourth-order valence-corrected chi connectivity index (χ4v) is 7.97. The van der Waals surface area contributed by atoms with E-state index in [1.54, 1.807) is 21.3 Å². The second kappa shape index (κ2) is 9.70. The minimum atomic E-state index is -1.08. The SMILES string of the molecule is COc1cc([C@]23O[C@H](c4cc5c(cc42)OCO5)[C@@H]2C(=O)O[C@@H](O[C@@H]4C[C@H](C)CC[C@H]4C(C)C)[C@@H]23)cc(OC)c1OC. The van der Waals surface area contributed by atoms with Gasteiger partial charge < -0.3 is 37.9 Å². The van der Waals surface area contributed by atoms with Crippen LogP contribution in [0, 0.1) is 29.6 Å². The molecular weight excluding hydrogens is 528 g/mol. The molecule has 1 saturated carbocycles. The molecule has 0 unspecified atom stereocenters. The first kappa shape index (κ1) is 26.7. The normalized spacial score (nSPS) is 34.4. The van der Waals surface area contributed by atoms with Crippen molar-refractivity contribution in [2.45, 2.75) is 64.1 Å². The molecule has 5 aliphatic rings. The van der Waals surface area contributed by atoms with Crippen LogP contribution < -0.4 is 23.7 Å². The van der Waals surface area contributed by atoms with E-state index < -0.39 is 29.8 Å². The molecule has 0 spiro atoms. The Bertz CT molecular complexity index is 1350. The van der Waals surface area contributed by atoms with Crippen molar-refractivity contribution in [3.63, 3.8) is 0 Å². The summed E-state index contributed by atoms with van der Waals surface area (Å²) in [6, 6.07) is 7.73. The molecule has 220 valence electrons. The molecule has 2 bridgehead atoms. The average Bonchev–Trinajstić information content (AvgIpc) is 3.72. The van der Waals surface area contributed by atoms with Gasteiger partial charge >= 0.3 is 5.97 Å². The van der Waals surface area contributed by atoms with Gasteiger partial charge in [0.05, 0.1) is 45.4 Å². The molecule has 9 nitrogen and oxygen atoms in total.